The fourth-order valence-electron chi connectivity index (χ4n) is 8.09. The minimum Gasteiger partial charge on any atom is -0.477 e. The van der Waals surface area contributed by atoms with Gasteiger partial charge in [0.15, 0.2) is 0 Å². The number of fused-ring (bicyclic) bond motifs is 4. The van der Waals surface area contributed by atoms with Crippen molar-refractivity contribution in [2.24, 2.45) is 0 Å². The standard InChI is InChI=1S/C46H34N4O2S/c1-28-15-18-33(19-16-28)50-39-14-8-13-36(39)38-26-31(17-23-40(38)50)35-21-22-37(41-24-20-34(53-41)25-32(27-47)46(51)52)45-44(35)48-42(29-9-4-2-5-10-29)43(49-45)30-11-6-3-7-12-30/h2-7,9-12,15-26,36,39H,8,13-14H2,1H3,(H,51,52)/b32-25-. The largest absolute Gasteiger partial charge is 0.477 e. The molecule has 2 atom stereocenters. The van der Waals surface area contributed by atoms with E-state index in [0.717, 1.165) is 55.1 Å². The monoisotopic (exact) mass is 706 g/mol. The second-order valence-corrected chi connectivity index (χ2v) is 14.9. The van der Waals surface area contributed by atoms with Crippen molar-refractivity contribution in [2.75, 3.05) is 4.90 Å². The number of carbonyl (C=O) groups is 1. The highest BCUT2D eigenvalue weighted by atomic mass is 32.1. The third-order valence-corrected chi connectivity index (χ3v) is 11.6. The fraction of sp³-hybridized carbons (Fsp3) is 0.130. The van der Waals surface area contributed by atoms with E-state index in [9.17, 15) is 15.2 Å². The number of carboxylic acid groups (broad SMARTS) is 1. The predicted octanol–water partition coefficient (Wildman–Crippen LogP) is 11.4. The lowest BCUT2D eigenvalue weighted by Gasteiger charge is -2.27. The summed E-state index contributed by atoms with van der Waals surface area (Å²) in [6.45, 7) is 2.13. The summed E-state index contributed by atoms with van der Waals surface area (Å²) in [6.07, 6.45) is 4.98. The summed E-state index contributed by atoms with van der Waals surface area (Å²) in [5.74, 6) is -0.779. The van der Waals surface area contributed by atoms with Crippen molar-refractivity contribution in [3.05, 3.63) is 149 Å². The lowest BCUT2D eigenvalue weighted by atomic mass is 9.92. The minimum atomic E-state index is -1.25. The van der Waals surface area contributed by atoms with Gasteiger partial charge in [-0.3, -0.25) is 0 Å². The smallest absolute Gasteiger partial charge is 0.346 e. The zero-order valence-electron chi connectivity index (χ0n) is 29.0. The van der Waals surface area contributed by atoms with Crippen LogP contribution in [0.25, 0.3) is 61.2 Å². The molecule has 6 nitrogen and oxygen atoms in total. The van der Waals surface area contributed by atoms with Gasteiger partial charge in [0.05, 0.1) is 22.4 Å². The van der Waals surface area contributed by atoms with Gasteiger partial charge in [-0.1, -0.05) is 103 Å². The summed E-state index contributed by atoms with van der Waals surface area (Å²) < 4.78 is 0. The normalized spacial score (nSPS) is 16.4. The maximum atomic E-state index is 11.6. The third-order valence-electron chi connectivity index (χ3n) is 10.6. The molecule has 9 rings (SSSR count). The maximum Gasteiger partial charge on any atom is 0.346 e. The van der Waals surface area contributed by atoms with Gasteiger partial charge in [0.25, 0.3) is 0 Å². The van der Waals surface area contributed by atoms with Crippen LogP contribution in [0.15, 0.2) is 133 Å². The molecule has 256 valence electrons. The first kappa shape index (κ1) is 32.5. The molecule has 2 unspecified atom stereocenters. The van der Waals surface area contributed by atoms with E-state index in [-0.39, 0.29) is 5.57 Å². The molecule has 0 amide bonds. The first-order chi connectivity index (χ1) is 26.0. The fourth-order valence-corrected chi connectivity index (χ4v) is 9.06. The zero-order valence-corrected chi connectivity index (χ0v) is 29.8. The van der Waals surface area contributed by atoms with Gasteiger partial charge in [-0.15, -0.1) is 11.3 Å². The third kappa shape index (κ3) is 5.78. The van der Waals surface area contributed by atoms with E-state index in [0.29, 0.717) is 16.8 Å². The van der Waals surface area contributed by atoms with Crippen LogP contribution in [0.2, 0.25) is 0 Å². The predicted molar refractivity (Wildman–Crippen MR) is 214 cm³/mol. The quantitative estimate of drug-likeness (QED) is 0.131. The first-order valence-electron chi connectivity index (χ1n) is 17.9. The maximum absolute atomic E-state index is 11.6. The first-order valence-corrected chi connectivity index (χ1v) is 18.7. The highest BCUT2D eigenvalue weighted by Crippen LogP contribution is 2.53. The van der Waals surface area contributed by atoms with Crippen LogP contribution in [0, 0.1) is 18.3 Å². The minimum absolute atomic E-state index is 0.306. The molecule has 1 saturated carbocycles. The van der Waals surface area contributed by atoms with E-state index in [1.165, 1.54) is 59.2 Å². The Balaban J connectivity index is 1.26. The number of rotatable bonds is 7. The van der Waals surface area contributed by atoms with Gasteiger partial charge in [-0.05, 0) is 73.4 Å². The van der Waals surface area contributed by atoms with Crippen LogP contribution in [0.5, 0.6) is 0 Å². The van der Waals surface area contributed by atoms with E-state index in [4.69, 9.17) is 9.97 Å². The number of anilines is 2. The number of thiophene rings is 1. The molecular weight excluding hydrogens is 673 g/mol. The molecule has 5 aromatic carbocycles. The molecule has 7 aromatic rings. The molecule has 0 saturated heterocycles. The number of aromatic nitrogens is 2. The average molecular weight is 707 g/mol. The molecule has 0 bridgehead atoms. The number of hydrogen-bond donors (Lipinski definition) is 1. The van der Waals surface area contributed by atoms with Gasteiger partial charge in [-0.2, -0.15) is 5.26 Å². The van der Waals surface area contributed by atoms with Crippen molar-refractivity contribution < 1.29 is 9.90 Å². The number of aliphatic carboxylic acids is 1. The van der Waals surface area contributed by atoms with Crippen LogP contribution >= 0.6 is 11.3 Å². The number of benzene rings is 5. The molecule has 53 heavy (non-hydrogen) atoms. The SMILES string of the molecule is Cc1ccc(N2c3ccc(-c4ccc(-c5ccc(/C=C(/C#N)C(=O)O)s5)c5nc(-c6ccccc6)c(-c6ccccc6)nc45)cc3C3CCCC32)cc1. The molecule has 1 aliphatic heterocycles. The number of nitrogens with zero attached hydrogens (tertiary/aromatic N) is 4. The average Bonchev–Trinajstić information content (AvgIpc) is 3.94. The van der Waals surface area contributed by atoms with Crippen molar-refractivity contribution in [3.8, 4) is 50.2 Å². The summed E-state index contributed by atoms with van der Waals surface area (Å²) in [4.78, 5) is 26.7. The molecule has 7 heteroatoms. The van der Waals surface area contributed by atoms with Gasteiger partial charge in [-0.25, -0.2) is 14.8 Å². The Morgan fingerprint density at radius 2 is 1.45 bits per heavy atom. The number of carboxylic acids is 1. The second kappa shape index (κ2) is 13.3. The molecule has 3 heterocycles. The molecular formula is C46H34N4O2S. The molecule has 1 aliphatic carbocycles. The Morgan fingerprint density at radius 3 is 2.11 bits per heavy atom. The molecule has 1 N–H and O–H groups in total. The van der Waals surface area contributed by atoms with Gasteiger partial charge in [0.1, 0.15) is 11.6 Å². The van der Waals surface area contributed by atoms with Crippen molar-refractivity contribution >= 4 is 45.8 Å². The summed E-state index contributed by atoms with van der Waals surface area (Å²) in [7, 11) is 0. The summed E-state index contributed by atoms with van der Waals surface area (Å²) in [6, 6.07) is 46.5. The highest BCUT2D eigenvalue weighted by molar-refractivity contribution is 7.16. The highest BCUT2D eigenvalue weighted by Gasteiger charge is 2.42. The van der Waals surface area contributed by atoms with Gasteiger partial charge in [0.2, 0.25) is 0 Å². The number of aryl methyl sites for hydroxylation is 1. The molecule has 2 aromatic heterocycles. The van der Waals surface area contributed by atoms with E-state index in [2.05, 4.69) is 90.7 Å². The Labute approximate surface area is 312 Å². The Bertz CT molecular complexity index is 2610. The Hall–Kier alpha value is -6.36. The summed E-state index contributed by atoms with van der Waals surface area (Å²) in [5.41, 5.74) is 13.0. The van der Waals surface area contributed by atoms with Crippen LogP contribution in [-0.2, 0) is 4.79 Å². The topological polar surface area (TPSA) is 90.1 Å². The molecule has 1 fully saturated rings. The number of nitriles is 1. The number of hydrogen-bond acceptors (Lipinski definition) is 6. The van der Waals surface area contributed by atoms with Gasteiger partial charge in [0, 0.05) is 55.3 Å². The molecule has 0 radical (unpaired) electrons. The lowest BCUT2D eigenvalue weighted by Crippen LogP contribution is -2.26. The Kier molecular flexibility index (Phi) is 8.18. The summed E-state index contributed by atoms with van der Waals surface area (Å²) >= 11 is 1.43. The van der Waals surface area contributed by atoms with Crippen molar-refractivity contribution in [3.63, 3.8) is 0 Å². The van der Waals surface area contributed by atoms with Crippen molar-refractivity contribution in [1.29, 1.82) is 5.26 Å². The van der Waals surface area contributed by atoms with E-state index >= 15 is 0 Å². The zero-order chi connectivity index (χ0) is 36.1. The van der Waals surface area contributed by atoms with Gasteiger partial charge >= 0.3 is 5.97 Å². The van der Waals surface area contributed by atoms with Crippen molar-refractivity contribution in [2.45, 2.75) is 38.1 Å². The second-order valence-electron chi connectivity index (χ2n) is 13.8. The van der Waals surface area contributed by atoms with E-state index in [1.54, 1.807) is 6.07 Å². The van der Waals surface area contributed by atoms with Crippen LogP contribution in [0.1, 0.15) is 41.2 Å². The van der Waals surface area contributed by atoms with E-state index in [1.807, 2.05) is 48.5 Å². The molecule has 2 aliphatic rings. The van der Waals surface area contributed by atoms with Crippen LogP contribution < -0.4 is 4.90 Å². The van der Waals surface area contributed by atoms with E-state index < -0.39 is 5.97 Å². The Morgan fingerprint density at radius 1 is 0.792 bits per heavy atom. The van der Waals surface area contributed by atoms with Crippen molar-refractivity contribution in [1.82, 2.24) is 9.97 Å². The molecule has 0 spiro atoms. The summed E-state index contributed by atoms with van der Waals surface area (Å²) in [5, 5.41) is 18.9. The van der Waals surface area contributed by atoms with Crippen LogP contribution in [0.4, 0.5) is 11.4 Å². The lowest BCUT2D eigenvalue weighted by molar-refractivity contribution is -0.132. The van der Waals surface area contributed by atoms with Crippen LogP contribution in [0.3, 0.4) is 0 Å². The van der Waals surface area contributed by atoms with Crippen LogP contribution in [-0.4, -0.2) is 27.1 Å². The van der Waals surface area contributed by atoms with Gasteiger partial charge < -0.3 is 10.0 Å².